The zero-order valence-electron chi connectivity index (χ0n) is 18.8. The smallest absolute Gasteiger partial charge is 0.313 e. The van der Waals surface area contributed by atoms with Crippen LogP contribution in [0.15, 0.2) is 30.5 Å². The number of nitrogens with one attached hydrogen (secondary N) is 2. The second-order valence-electron chi connectivity index (χ2n) is 9.05. The maximum Gasteiger partial charge on any atom is 0.313 e. The molecule has 2 N–H and O–H groups in total. The van der Waals surface area contributed by atoms with Gasteiger partial charge in [0.15, 0.2) is 0 Å². The van der Waals surface area contributed by atoms with Crippen molar-refractivity contribution >= 4 is 34.9 Å². The maximum absolute atomic E-state index is 12.5. The number of aromatic nitrogens is 1. The molecule has 1 aromatic carbocycles. The molecule has 3 aliphatic heterocycles. The summed E-state index contributed by atoms with van der Waals surface area (Å²) in [6.45, 7) is 2.65. The molecule has 5 rings (SSSR count). The van der Waals surface area contributed by atoms with Crippen LogP contribution in [0, 0.1) is 17.2 Å². The van der Waals surface area contributed by atoms with Gasteiger partial charge < -0.3 is 20.4 Å². The fourth-order valence-electron chi connectivity index (χ4n) is 5.14. The molecular formula is C25H26N6O3. The zero-order chi connectivity index (χ0) is 23.7. The Bertz CT molecular complexity index is 1200. The van der Waals surface area contributed by atoms with Gasteiger partial charge in [-0.1, -0.05) is 0 Å². The largest absolute Gasteiger partial charge is 0.356 e. The molecule has 0 aliphatic carbocycles. The molecule has 1 aromatic heterocycles. The number of pyridine rings is 1. The third kappa shape index (κ3) is 4.19. The van der Waals surface area contributed by atoms with Gasteiger partial charge in [-0.05, 0) is 67.0 Å². The van der Waals surface area contributed by atoms with Crippen LogP contribution >= 0.6 is 0 Å². The lowest BCUT2D eigenvalue weighted by atomic mass is 9.96. The van der Waals surface area contributed by atoms with Gasteiger partial charge in [0.1, 0.15) is 11.9 Å². The van der Waals surface area contributed by atoms with Gasteiger partial charge in [-0.25, -0.2) is 4.98 Å². The summed E-state index contributed by atoms with van der Waals surface area (Å²) in [6.07, 6.45) is 5.45. The summed E-state index contributed by atoms with van der Waals surface area (Å²) in [6, 6.07) is 9.37. The highest BCUT2D eigenvalue weighted by atomic mass is 16.2. The minimum Gasteiger partial charge on any atom is -0.356 e. The monoisotopic (exact) mass is 458 g/mol. The topological polar surface area (TPSA) is 118 Å². The van der Waals surface area contributed by atoms with Crippen molar-refractivity contribution < 1.29 is 14.4 Å². The van der Waals surface area contributed by atoms with Gasteiger partial charge in [0.25, 0.3) is 0 Å². The predicted molar refractivity (Wildman–Crippen MR) is 126 cm³/mol. The Balaban J connectivity index is 1.13. The Morgan fingerprint density at radius 3 is 2.74 bits per heavy atom. The molecule has 9 heteroatoms. The number of benzene rings is 1. The summed E-state index contributed by atoms with van der Waals surface area (Å²) < 4.78 is 0. The number of anilines is 3. The molecule has 1 saturated heterocycles. The van der Waals surface area contributed by atoms with E-state index >= 15 is 0 Å². The Labute approximate surface area is 197 Å². The van der Waals surface area contributed by atoms with Gasteiger partial charge in [-0.15, -0.1) is 0 Å². The van der Waals surface area contributed by atoms with Crippen molar-refractivity contribution in [2.75, 3.05) is 41.3 Å². The van der Waals surface area contributed by atoms with Crippen LogP contribution in [0.5, 0.6) is 0 Å². The van der Waals surface area contributed by atoms with Crippen molar-refractivity contribution in [3.63, 3.8) is 0 Å². The number of carbonyl (C=O) groups excluding carboxylic acids is 3. The Morgan fingerprint density at radius 1 is 1.15 bits per heavy atom. The predicted octanol–water partition coefficient (Wildman–Crippen LogP) is 1.76. The highest BCUT2D eigenvalue weighted by Gasteiger charge is 2.32. The third-order valence-electron chi connectivity index (χ3n) is 6.84. The van der Waals surface area contributed by atoms with E-state index in [1.165, 1.54) is 0 Å². The maximum atomic E-state index is 12.5. The fraction of sp³-hybridized carbons (Fsp3) is 0.400. The van der Waals surface area contributed by atoms with Crippen LogP contribution in [-0.2, 0) is 27.2 Å². The minimum atomic E-state index is -0.700. The fourth-order valence-corrected chi connectivity index (χ4v) is 5.14. The molecule has 1 fully saturated rings. The van der Waals surface area contributed by atoms with Gasteiger partial charge in [-0.3, -0.25) is 14.4 Å². The Kier molecular flexibility index (Phi) is 5.88. The number of nitrogens with zero attached hydrogens (tertiary/aromatic N) is 4. The second-order valence-corrected chi connectivity index (χ2v) is 9.05. The molecular weight excluding hydrogens is 432 g/mol. The molecule has 174 valence electrons. The number of piperidine rings is 1. The van der Waals surface area contributed by atoms with E-state index in [2.05, 4.69) is 26.6 Å². The summed E-state index contributed by atoms with van der Waals surface area (Å²) in [5, 5.41) is 14.7. The van der Waals surface area contributed by atoms with E-state index in [1.807, 2.05) is 11.0 Å². The van der Waals surface area contributed by atoms with Crippen molar-refractivity contribution in [1.29, 1.82) is 5.26 Å². The first kappa shape index (κ1) is 21.9. The summed E-state index contributed by atoms with van der Waals surface area (Å²) in [7, 11) is 0. The van der Waals surface area contributed by atoms with Crippen LogP contribution in [0.2, 0.25) is 0 Å². The van der Waals surface area contributed by atoms with Gasteiger partial charge >= 0.3 is 11.8 Å². The average molecular weight is 459 g/mol. The van der Waals surface area contributed by atoms with Crippen LogP contribution in [0.1, 0.15) is 36.0 Å². The van der Waals surface area contributed by atoms with Crippen molar-refractivity contribution in [3.05, 3.63) is 47.2 Å². The molecule has 0 saturated carbocycles. The lowest BCUT2D eigenvalue weighted by molar-refractivity contribution is -0.136. The molecule has 0 radical (unpaired) electrons. The van der Waals surface area contributed by atoms with Gasteiger partial charge in [0, 0.05) is 38.1 Å². The number of hydrogen-bond acceptors (Lipinski definition) is 6. The summed E-state index contributed by atoms with van der Waals surface area (Å²) in [4.78, 5) is 45.4. The van der Waals surface area contributed by atoms with Crippen LogP contribution in [-0.4, -0.2) is 48.9 Å². The Morgan fingerprint density at radius 2 is 1.94 bits per heavy atom. The van der Waals surface area contributed by atoms with E-state index in [1.54, 1.807) is 24.4 Å². The van der Waals surface area contributed by atoms with Crippen molar-refractivity contribution in [1.82, 2.24) is 10.3 Å². The van der Waals surface area contributed by atoms with E-state index in [0.29, 0.717) is 30.0 Å². The van der Waals surface area contributed by atoms with Crippen molar-refractivity contribution in [3.8, 4) is 6.07 Å². The molecule has 3 aliphatic rings. The van der Waals surface area contributed by atoms with Crippen molar-refractivity contribution in [2.45, 2.75) is 32.1 Å². The first-order valence-corrected chi connectivity index (χ1v) is 11.7. The van der Waals surface area contributed by atoms with E-state index in [0.717, 1.165) is 62.1 Å². The number of carbonyl (C=O) groups is 3. The lowest BCUT2D eigenvalue weighted by Gasteiger charge is -2.33. The number of rotatable bonds is 4. The molecule has 0 spiro atoms. The summed E-state index contributed by atoms with van der Waals surface area (Å²) in [5.74, 6) is -0.316. The number of aryl methyl sites for hydroxylation is 1. The quantitative estimate of drug-likeness (QED) is 0.674. The van der Waals surface area contributed by atoms with Gasteiger partial charge in [0.05, 0.1) is 17.7 Å². The standard InChI is InChI=1S/C25H26N6O3/c26-14-18-3-1-7-27-23(18)30-9-5-16(6-10-30)15-28-24(33)25(34)29-20-11-17-4-2-8-31-21(32)13-19(12-20)22(17)31/h1,3,7,11-12,16H,2,4-6,8-10,13,15H2,(H,28,33)(H,29,34). The van der Waals surface area contributed by atoms with E-state index in [9.17, 15) is 19.6 Å². The van der Waals surface area contributed by atoms with Crippen molar-refractivity contribution in [2.24, 2.45) is 5.92 Å². The number of amides is 3. The highest BCUT2D eigenvalue weighted by Crippen LogP contribution is 2.38. The molecule has 34 heavy (non-hydrogen) atoms. The third-order valence-corrected chi connectivity index (χ3v) is 6.84. The average Bonchev–Trinajstić information content (AvgIpc) is 3.19. The first-order valence-electron chi connectivity index (χ1n) is 11.7. The number of nitriles is 1. The zero-order valence-corrected chi connectivity index (χ0v) is 18.8. The minimum absolute atomic E-state index is 0.0927. The number of hydrogen-bond donors (Lipinski definition) is 2. The van der Waals surface area contributed by atoms with Gasteiger partial charge in [-0.2, -0.15) is 5.26 Å². The first-order chi connectivity index (χ1) is 16.5. The molecule has 2 aromatic rings. The summed E-state index contributed by atoms with van der Waals surface area (Å²) in [5.41, 5.74) is 4.06. The Hall–Kier alpha value is -3.93. The normalized spacial score (nSPS) is 17.2. The van der Waals surface area contributed by atoms with Gasteiger partial charge in [0.2, 0.25) is 5.91 Å². The van der Waals surface area contributed by atoms with Crippen LogP contribution < -0.4 is 20.4 Å². The van der Waals surface area contributed by atoms with Crippen LogP contribution in [0.3, 0.4) is 0 Å². The SMILES string of the molecule is N#Cc1cccnc1N1CCC(CNC(=O)C(=O)Nc2cc3c4c(c2)CC(=O)N4CCC3)CC1. The van der Waals surface area contributed by atoms with E-state index in [4.69, 9.17) is 0 Å². The van der Waals surface area contributed by atoms with Crippen LogP contribution in [0.4, 0.5) is 17.2 Å². The second kappa shape index (κ2) is 9.14. The molecule has 0 unspecified atom stereocenters. The molecule has 9 nitrogen and oxygen atoms in total. The summed E-state index contributed by atoms with van der Waals surface area (Å²) >= 11 is 0. The molecule has 3 amide bonds. The highest BCUT2D eigenvalue weighted by molar-refractivity contribution is 6.39. The molecule has 4 heterocycles. The molecule has 0 atom stereocenters. The van der Waals surface area contributed by atoms with E-state index < -0.39 is 11.8 Å². The van der Waals surface area contributed by atoms with E-state index in [-0.39, 0.29) is 11.8 Å². The lowest BCUT2D eigenvalue weighted by Crippen LogP contribution is -2.42. The molecule has 0 bridgehead atoms. The van der Waals surface area contributed by atoms with Crippen LogP contribution in [0.25, 0.3) is 0 Å².